The first-order chi connectivity index (χ1) is 9.15. The molecule has 2 rings (SSSR count). The molecule has 3 atom stereocenters. The Balaban J connectivity index is 1.98. The summed E-state index contributed by atoms with van der Waals surface area (Å²) in [7, 11) is 1.99. The number of likely N-dealkylation sites (N-methyl/N-ethyl adjacent to an activating group) is 1. The SMILES string of the molecule is CCCOC1C(NC)CC1Oc1ccc(C)cc1C. The molecule has 1 aromatic carbocycles. The van der Waals surface area contributed by atoms with Crippen LogP contribution in [-0.2, 0) is 4.74 Å². The molecule has 1 aliphatic rings. The van der Waals surface area contributed by atoms with Gasteiger partial charge in [0, 0.05) is 19.1 Å². The lowest BCUT2D eigenvalue weighted by Gasteiger charge is -2.43. The van der Waals surface area contributed by atoms with Crippen LogP contribution in [0.4, 0.5) is 0 Å². The van der Waals surface area contributed by atoms with Gasteiger partial charge in [-0.2, -0.15) is 0 Å². The predicted molar refractivity (Wildman–Crippen MR) is 77.8 cm³/mol. The van der Waals surface area contributed by atoms with Crippen molar-refractivity contribution in [3.05, 3.63) is 29.3 Å². The van der Waals surface area contributed by atoms with Gasteiger partial charge in [-0.3, -0.25) is 0 Å². The summed E-state index contributed by atoms with van der Waals surface area (Å²) < 4.78 is 12.0. The van der Waals surface area contributed by atoms with Gasteiger partial charge in [0.25, 0.3) is 0 Å². The van der Waals surface area contributed by atoms with Gasteiger partial charge in [0.05, 0.1) is 0 Å². The van der Waals surface area contributed by atoms with Crippen molar-refractivity contribution >= 4 is 0 Å². The maximum absolute atomic E-state index is 6.11. The Hall–Kier alpha value is -1.06. The van der Waals surface area contributed by atoms with Crippen molar-refractivity contribution in [2.24, 2.45) is 0 Å². The van der Waals surface area contributed by atoms with Crippen LogP contribution in [-0.4, -0.2) is 31.9 Å². The molecule has 0 bridgehead atoms. The molecule has 0 amide bonds. The van der Waals surface area contributed by atoms with Crippen LogP contribution in [0, 0.1) is 13.8 Å². The summed E-state index contributed by atoms with van der Waals surface area (Å²) in [6, 6.07) is 6.74. The maximum Gasteiger partial charge on any atom is 0.128 e. The summed E-state index contributed by atoms with van der Waals surface area (Å²) >= 11 is 0. The fraction of sp³-hybridized carbons (Fsp3) is 0.625. The molecule has 1 aromatic rings. The Labute approximate surface area is 116 Å². The van der Waals surface area contributed by atoms with Crippen molar-refractivity contribution < 1.29 is 9.47 Å². The molecule has 0 spiro atoms. The normalized spacial score (nSPS) is 26.0. The zero-order valence-electron chi connectivity index (χ0n) is 12.4. The summed E-state index contributed by atoms with van der Waals surface area (Å²) in [4.78, 5) is 0. The van der Waals surface area contributed by atoms with E-state index in [1.165, 1.54) is 11.1 Å². The lowest BCUT2D eigenvalue weighted by Crippen LogP contribution is -2.60. The fourth-order valence-electron chi connectivity index (χ4n) is 2.55. The van der Waals surface area contributed by atoms with Crippen molar-refractivity contribution in [2.75, 3.05) is 13.7 Å². The third-order valence-electron chi connectivity index (χ3n) is 3.74. The molecule has 3 nitrogen and oxygen atoms in total. The molecule has 1 fully saturated rings. The number of nitrogens with one attached hydrogen (secondary N) is 1. The van der Waals surface area contributed by atoms with Crippen LogP contribution < -0.4 is 10.1 Å². The average Bonchev–Trinajstić information content (AvgIpc) is 2.36. The Morgan fingerprint density at radius 3 is 2.74 bits per heavy atom. The Morgan fingerprint density at radius 2 is 2.11 bits per heavy atom. The number of benzene rings is 1. The van der Waals surface area contributed by atoms with E-state index in [2.05, 4.69) is 44.3 Å². The lowest BCUT2D eigenvalue weighted by atomic mass is 9.85. The first kappa shape index (κ1) is 14.4. The van der Waals surface area contributed by atoms with Gasteiger partial charge in [-0.25, -0.2) is 0 Å². The van der Waals surface area contributed by atoms with E-state index in [0.717, 1.165) is 25.2 Å². The first-order valence-electron chi connectivity index (χ1n) is 7.18. The highest BCUT2D eigenvalue weighted by Gasteiger charge is 2.43. The highest BCUT2D eigenvalue weighted by molar-refractivity contribution is 5.36. The molecule has 3 unspecified atom stereocenters. The summed E-state index contributed by atoms with van der Waals surface area (Å²) in [6.07, 6.45) is 2.40. The third-order valence-corrected chi connectivity index (χ3v) is 3.74. The largest absolute Gasteiger partial charge is 0.487 e. The van der Waals surface area contributed by atoms with E-state index in [0.29, 0.717) is 6.04 Å². The van der Waals surface area contributed by atoms with Crippen LogP contribution in [0.25, 0.3) is 0 Å². The zero-order chi connectivity index (χ0) is 13.8. The minimum Gasteiger partial charge on any atom is -0.487 e. The summed E-state index contributed by atoms with van der Waals surface area (Å²) in [5.41, 5.74) is 2.47. The van der Waals surface area contributed by atoms with Crippen LogP contribution in [0.15, 0.2) is 18.2 Å². The minimum absolute atomic E-state index is 0.172. The van der Waals surface area contributed by atoms with Crippen LogP contribution in [0.1, 0.15) is 30.9 Å². The van der Waals surface area contributed by atoms with Gasteiger partial charge in [-0.1, -0.05) is 24.6 Å². The van der Waals surface area contributed by atoms with Gasteiger partial charge >= 0.3 is 0 Å². The van der Waals surface area contributed by atoms with E-state index >= 15 is 0 Å². The molecule has 1 aliphatic carbocycles. The van der Waals surface area contributed by atoms with Crippen molar-refractivity contribution in [1.29, 1.82) is 0 Å². The Bertz CT molecular complexity index is 419. The molecular weight excluding hydrogens is 238 g/mol. The van der Waals surface area contributed by atoms with Gasteiger partial charge < -0.3 is 14.8 Å². The van der Waals surface area contributed by atoms with E-state index in [9.17, 15) is 0 Å². The van der Waals surface area contributed by atoms with Crippen LogP contribution in [0.2, 0.25) is 0 Å². The Morgan fingerprint density at radius 1 is 1.32 bits per heavy atom. The van der Waals surface area contributed by atoms with Crippen molar-refractivity contribution in [3.63, 3.8) is 0 Å². The molecule has 0 radical (unpaired) electrons. The number of aryl methyl sites for hydroxylation is 2. The van der Waals surface area contributed by atoms with Crippen molar-refractivity contribution in [2.45, 2.75) is 51.9 Å². The highest BCUT2D eigenvalue weighted by Crippen LogP contribution is 2.30. The second kappa shape index (κ2) is 6.40. The quantitative estimate of drug-likeness (QED) is 0.856. The molecule has 0 aromatic heterocycles. The molecule has 0 heterocycles. The van der Waals surface area contributed by atoms with Gasteiger partial charge in [0.15, 0.2) is 0 Å². The maximum atomic E-state index is 6.11. The summed E-state index contributed by atoms with van der Waals surface area (Å²) in [5, 5.41) is 3.29. The van der Waals surface area contributed by atoms with Gasteiger partial charge in [-0.05, 0) is 38.9 Å². The Kier molecular flexibility index (Phi) is 4.83. The number of ether oxygens (including phenoxy) is 2. The van der Waals surface area contributed by atoms with E-state index < -0.39 is 0 Å². The summed E-state index contributed by atoms with van der Waals surface area (Å²) in [6.45, 7) is 7.13. The number of hydrogen-bond donors (Lipinski definition) is 1. The fourth-order valence-corrected chi connectivity index (χ4v) is 2.55. The predicted octanol–water partition coefficient (Wildman–Crippen LogP) is 2.84. The number of hydrogen-bond acceptors (Lipinski definition) is 3. The van der Waals surface area contributed by atoms with Crippen molar-refractivity contribution in [3.8, 4) is 5.75 Å². The number of rotatable bonds is 6. The molecule has 3 heteroatoms. The molecule has 0 aliphatic heterocycles. The molecule has 1 N–H and O–H groups in total. The van der Waals surface area contributed by atoms with Gasteiger partial charge in [-0.15, -0.1) is 0 Å². The van der Waals surface area contributed by atoms with Crippen LogP contribution in [0.5, 0.6) is 5.75 Å². The lowest BCUT2D eigenvalue weighted by molar-refractivity contribution is -0.106. The van der Waals surface area contributed by atoms with Crippen LogP contribution in [0.3, 0.4) is 0 Å². The second-order valence-electron chi connectivity index (χ2n) is 5.39. The standard InChI is InChI=1S/C16H25NO2/c1-5-8-18-16-13(17-4)10-15(16)19-14-7-6-11(2)9-12(14)3/h6-7,9,13,15-17H,5,8,10H2,1-4H3. The van der Waals surface area contributed by atoms with E-state index in [-0.39, 0.29) is 12.2 Å². The van der Waals surface area contributed by atoms with Crippen molar-refractivity contribution in [1.82, 2.24) is 5.32 Å². The highest BCUT2D eigenvalue weighted by atomic mass is 16.5. The summed E-state index contributed by atoms with van der Waals surface area (Å²) in [5.74, 6) is 0.982. The van der Waals surface area contributed by atoms with Gasteiger partial charge in [0.2, 0.25) is 0 Å². The third kappa shape index (κ3) is 3.28. The monoisotopic (exact) mass is 263 g/mol. The minimum atomic E-state index is 0.172. The van der Waals surface area contributed by atoms with Gasteiger partial charge in [0.1, 0.15) is 18.0 Å². The van der Waals surface area contributed by atoms with E-state index in [4.69, 9.17) is 9.47 Å². The first-order valence-corrected chi connectivity index (χ1v) is 7.18. The van der Waals surface area contributed by atoms with E-state index in [1.807, 2.05) is 7.05 Å². The topological polar surface area (TPSA) is 30.5 Å². The molecule has 19 heavy (non-hydrogen) atoms. The average molecular weight is 263 g/mol. The molecule has 0 saturated heterocycles. The molecule has 1 saturated carbocycles. The smallest absolute Gasteiger partial charge is 0.128 e. The van der Waals surface area contributed by atoms with Crippen LogP contribution >= 0.6 is 0 Å². The molecular formula is C16H25NO2. The zero-order valence-corrected chi connectivity index (χ0v) is 12.4. The molecule has 106 valence electrons. The second-order valence-corrected chi connectivity index (χ2v) is 5.39. The van der Waals surface area contributed by atoms with E-state index in [1.54, 1.807) is 0 Å².